The third kappa shape index (κ3) is 2.66. The lowest BCUT2D eigenvalue weighted by molar-refractivity contribution is -0.147. The first-order valence-electron chi connectivity index (χ1n) is 7.00. The van der Waals surface area contributed by atoms with Crippen molar-refractivity contribution in [2.24, 2.45) is 11.8 Å². The predicted octanol–water partition coefficient (Wildman–Crippen LogP) is 1.49. The Bertz CT molecular complexity index is 504. The van der Waals surface area contributed by atoms with Gasteiger partial charge in [-0.3, -0.25) is 14.4 Å². The number of allylic oxidation sites excluding steroid dienone is 3. The number of hydrogen-bond donors (Lipinski definition) is 1. The van der Waals surface area contributed by atoms with Crippen LogP contribution in [0.4, 0.5) is 0 Å². The molecule has 1 N–H and O–H groups in total. The average molecular weight is 277 g/mol. The topological polar surface area (TPSA) is 72.5 Å². The van der Waals surface area contributed by atoms with Gasteiger partial charge in [-0.25, -0.2) is 0 Å². The SMILES string of the molecule is CCCC(C(=O)OCC)C1=CC=C2NC(=O)C(=O)C2C1. The number of ether oxygens (including phenoxy) is 1. The first-order chi connectivity index (χ1) is 9.58. The Kier molecular flexibility index (Phi) is 4.37. The maximum atomic E-state index is 12.0. The van der Waals surface area contributed by atoms with Crippen LogP contribution in [0.25, 0.3) is 0 Å². The fourth-order valence-electron chi connectivity index (χ4n) is 2.68. The van der Waals surface area contributed by atoms with Crippen LogP contribution in [0, 0.1) is 11.8 Å². The molecular formula is C15H19NO4. The van der Waals surface area contributed by atoms with Crippen LogP contribution < -0.4 is 5.32 Å². The van der Waals surface area contributed by atoms with Crippen LogP contribution in [0.1, 0.15) is 33.1 Å². The van der Waals surface area contributed by atoms with E-state index < -0.39 is 17.6 Å². The van der Waals surface area contributed by atoms with Gasteiger partial charge < -0.3 is 10.1 Å². The number of esters is 1. The van der Waals surface area contributed by atoms with Crippen LogP contribution in [0.3, 0.4) is 0 Å². The summed E-state index contributed by atoms with van der Waals surface area (Å²) >= 11 is 0. The largest absolute Gasteiger partial charge is 0.466 e. The predicted molar refractivity (Wildman–Crippen MR) is 72.5 cm³/mol. The Balaban J connectivity index is 2.18. The van der Waals surface area contributed by atoms with Crippen molar-refractivity contribution >= 4 is 17.7 Å². The summed E-state index contributed by atoms with van der Waals surface area (Å²) in [6, 6.07) is 0. The molecule has 2 unspecified atom stereocenters. The van der Waals surface area contributed by atoms with Crippen molar-refractivity contribution in [1.82, 2.24) is 5.32 Å². The Morgan fingerprint density at radius 1 is 1.40 bits per heavy atom. The van der Waals surface area contributed by atoms with Gasteiger partial charge in [0.15, 0.2) is 0 Å². The van der Waals surface area contributed by atoms with Gasteiger partial charge in [-0.2, -0.15) is 0 Å². The molecule has 1 aliphatic heterocycles. The van der Waals surface area contributed by atoms with Crippen LogP contribution >= 0.6 is 0 Å². The highest BCUT2D eigenvalue weighted by Crippen LogP contribution is 2.34. The molecule has 0 aromatic heterocycles. The molecule has 20 heavy (non-hydrogen) atoms. The summed E-state index contributed by atoms with van der Waals surface area (Å²) in [7, 11) is 0. The molecule has 1 amide bonds. The maximum Gasteiger partial charge on any atom is 0.313 e. The highest BCUT2D eigenvalue weighted by molar-refractivity contribution is 6.40. The average Bonchev–Trinajstić information content (AvgIpc) is 2.71. The first kappa shape index (κ1) is 14.5. The van der Waals surface area contributed by atoms with E-state index in [4.69, 9.17) is 4.74 Å². The van der Waals surface area contributed by atoms with Gasteiger partial charge in [0.1, 0.15) is 0 Å². The number of Topliss-reactive ketones (excluding diaryl/α,β-unsaturated/α-hetero) is 1. The summed E-state index contributed by atoms with van der Waals surface area (Å²) in [5.41, 5.74) is 1.52. The molecule has 5 heteroatoms. The number of carbonyl (C=O) groups is 3. The molecular weight excluding hydrogens is 258 g/mol. The molecule has 0 radical (unpaired) electrons. The summed E-state index contributed by atoms with van der Waals surface area (Å²) in [6.45, 7) is 4.12. The van der Waals surface area contributed by atoms with E-state index >= 15 is 0 Å². The maximum absolute atomic E-state index is 12.0. The highest BCUT2D eigenvalue weighted by atomic mass is 16.5. The number of carbonyl (C=O) groups excluding carboxylic acids is 3. The molecule has 5 nitrogen and oxygen atoms in total. The Hall–Kier alpha value is -1.91. The van der Waals surface area contributed by atoms with Crippen LogP contribution in [-0.4, -0.2) is 24.3 Å². The van der Waals surface area contributed by atoms with Crippen molar-refractivity contribution in [3.05, 3.63) is 23.4 Å². The number of ketones is 1. The van der Waals surface area contributed by atoms with Crippen molar-refractivity contribution in [2.45, 2.75) is 33.1 Å². The minimum atomic E-state index is -0.556. The lowest BCUT2D eigenvalue weighted by Crippen LogP contribution is -2.24. The van der Waals surface area contributed by atoms with Crippen LogP contribution in [0.15, 0.2) is 23.4 Å². The zero-order valence-electron chi connectivity index (χ0n) is 11.8. The summed E-state index contributed by atoms with van der Waals surface area (Å²) in [4.78, 5) is 35.1. The van der Waals surface area contributed by atoms with Crippen molar-refractivity contribution < 1.29 is 19.1 Å². The number of fused-ring (bicyclic) bond motifs is 1. The van der Waals surface area contributed by atoms with Crippen molar-refractivity contribution in [2.75, 3.05) is 6.61 Å². The van der Waals surface area contributed by atoms with Gasteiger partial charge >= 0.3 is 5.97 Å². The minimum Gasteiger partial charge on any atom is -0.466 e. The number of nitrogens with one attached hydrogen (secondary N) is 1. The van der Waals surface area contributed by atoms with Crippen molar-refractivity contribution in [3.8, 4) is 0 Å². The Morgan fingerprint density at radius 3 is 2.80 bits per heavy atom. The summed E-state index contributed by atoms with van der Waals surface area (Å²) in [5, 5.41) is 2.56. The van der Waals surface area contributed by atoms with Gasteiger partial charge in [0.2, 0.25) is 5.78 Å². The standard InChI is InChI=1S/C15H19NO4/c1-3-5-10(15(19)20-4-2)9-6-7-12-11(8-9)13(17)14(18)16-12/h6-7,10-11H,3-5,8H2,1-2H3,(H,16,18). The third-order valence-electron chi connectivity index (χ3n) is 3.69. The van der Waals surface area contributed by atoms with E-state index in [0.717, 1.165) is 12.0 Å². The van der Waals surface area contributed by atoms with Gasteiger partial charge in [0, 0.05) is 5.70 Å². The lowest BCUT2D eigenvalue weighted by atomic mass is 9.82. The Morgan fingerprint density at radius 2 is 2.15 bits per heavy atom. The fourth-order valence-corrected chi connectivity index (χ4v) is 2.68. The molecule has 0 saturated carbocycles. The van der Waals surface area contributed by atoms with E-state index in [0.29, 0.717) is 25.1 Å². The summed E-state index contributed by atoms with van der Waals surface area (Å²) < 4.78 is 5.10. The third-order valence-corrected chi connectivity index (χ3v) is 3.69. The second-order valence-corrected chi connectivity index (χ2v) is 5.03. The molecule has 1 saturated heterocycles. The molecule has 2 rings (SSSR count). The fraction of sp³-hybridized carbons (Fsp3) is 0.533. The molecule has 0 aromatic rings. The monoisotopic (exact) mass is 277 g/mol. The summed E-state index contributed by atoms with van der Waals surface area (Å²) in [5.74, 6) is -1.99. The molecule has 1 aliphatic carbocycles. The molecule has 1 fully saturated rings. The van der Waals surface area contributed by atoms with Gasteiger partial charge in [-0.15, -0.1) is 0 Å². The lowest BCUT2D eigenvalue weighted by Gasteiger charge is -2.23. The number of amides is 1. The quantitative estimate of drug-likeness (QED) is 0.610. The molecule has 108 valence electrons. The first-order valence-corrected chi connectivity index (χ1v) is 7.00. The van der Waals surface area contributed by atoms with E-state index in [1.54, 1.807) is 13.0 Å². The van der Waals surface area contributed by atoms with Gasteiger partial charge in [0.05, 0.1) is 18.4 Å². The Labute approximate surface area is 118 Å². The van der Waals surface area contributed by atoms with E-state index in [-0.39, 0.29) is 11.9 Å². The van der Waals surface area contributed by atoms with Crippen molar-refractivity contribution in [1.29, 1.82) is 0 Å². The summed E-state index contributed by atoms with van der Waals surface area (Å²) in [6.07, 6.45) is 5.53. The second-order valence-electron chi connectivity index (χ2n) is 5.03. The molecule has 2 atom stereocenters. The second kappa shape index (κ2) is 6.03. The molecule has 0 aromatic carbocycles. The highest BCUT2D eigenvalue weighted by Gasteiger charge is 2.40. The van der Waals surface area contributed by atoms with E-state index in [2.05, 4.69) is 5.32 Å². The number of hydrogen-bond acceptors (Lipinski definition) is 4. The smallest absolute Gasteiger partial charge is 0.313 e. The van der Waals surface area contributed by atoms with Crippen LogP contribution in [-0.2, 0) is 19.1 Å². The van der Waals surface area contributed by atoms with E-state index in [1.165, 1.54) is 0 Å². The molecule has 0 bridgehead atoms. The van der Waals surface area contributed by atoms with E-state index in [9.17, 15) is 14.4 Å². The van der Waals surface area contributed by atoms with Crippen LogP contribution in [0.5, 0.6) is 0 Å². The zero-order chi connectivity index (χ0) is 14.7. The van der Waals surface area contributed by atoms with Gasteiger partial charge in [-0.05, 0) is 25.8 Å². The van der Waals surface area contributed by atoms with E-state index in [1.807, 2.05) is 13.0 Å². The minimum absolute atomic E-state index is 0.248. The zero-order valence-corrected chi connectivity index (χ0v) is 11.8. The van der Waals surface area contributed by atoms with Crippen molar-refractivity contribution in [3.63, 3.8) is 0 Å². The van der Waals surface area contributed by atoms with Crippen LogP contribution in [0.2, 0.25) is 0 Å². The molecule has 2 aliphatic rings. The van der Waals surface area contributed by atoms with Gasteiger partial charge in [-0.1, -0.05) is 25.0 Å². The molecule has 1 heterocycles. The number of rotatable bonds is 5. The normalized spacial score (nSPS) is 22.6. The molecule has 0 spiro atoms. The van der Waals surface area contributed by atoms with Gasteiger partial charge in [0.25, 0.3) is 5.91 Å².